The molecule has 56 heavy (non-hydrogen) atoms. The van der Waals surface area contributed by atoms with E-state index >= 15 is 0 Å². The summed E-state index contributed by atoms with van der Waals surface area (Å²) in [5, 5.41) is 0.108. The van der Waals surface area contributed by atoms with Crippen LogP contribution in [0.1, 0.15) is 52.7 Å². The summed E-state index contributed by atoms with van der Waals surface area (Å²) in [5.41, 5.74) is 0.446. The Kier molecular flexibility index (Phi) is 14.4. The van der Waals surface area contributed by atoms with Crippen LogP contribution in [0.4, 0.5) is 0 Å². The molecule has 0 unspecified atom stereocenters. The summed E-state index contributed by atoms with van der Waals surface area (Å²) >= 11 is -1.60. The van der Waals surface area contributed by atoms with Crippen molar-refractivity contribution in [2.75, 3.05) is 26.4 Å². The second-order valence-corrected chi connectivity index (χ2v) is 28.0. The van der Waals surface area contributed by atoms with E-state index in [-0.39, 0.29) is 36.8 Å². The highest BCUT2D eigenvalue weighted by molar-refractivity contribution is 7.91. The van der Waals surface area contributed by atoms with E-state index in [4.69, 9.17) is 18.3 Å². The third kappa shape index (κ3) is 10.5. The van der Waals surface area contributed by atoms with Crippen molar-refractivity contribution in [3.63, 3.8) is 0 Å². The van der Waals surface area contributed by atoms with Crippen LogP contribution in [0.5, 0.6) is 0 Å². The zero-order valence-corrected chi connectivity index (χ0v) is 37.7. The fraction of sp³-hybridized carbons (Fsp3) is 0.500. The maximum atomic E-state index is 13.7. The van der Waals surface area contributed by atoms with Gasteiger partial charge in [-0.3, -0.25) is 28.7 Å². The van der Waals surface area contributed by atoms with Crippen LogP contribution in [0.3, 0.4) is 0 Å². The molecule has 0 atom stereocenters. The van der Waals surface area contributed by atoms with Crippen molar-refractivity contribution >= 4 is 27.8 Å². The lowest BCUT2D eigenvalue weighted by molar-refractivity contribution is 0.0490. The molecule has 0 aliphatic rings. The van der Waals surface area contributed by atoms with Crippen LogP contribution in [0.2, 0.25) is 36.3 Å². The standard InChI is InChI=1S/C40H58N4O9SSi2/c1-27-33(43(37(47)41-35(27)45)25-50-21-23-52-55(9,10)39(3,4)5)29-13-17-31(18-14-29)54(49)32-19-15-30(16-20-32)34-28(2)36(46)42-38(48)44(34)26-51-22-24-53-56(11,12)40(6,7)8/h13-20H,21-26H2,1-12H3,(H,41,45,47)(H,42,46,48). The van der Waals surface area contributed by atoms with E-state index in [0.29, 0.717) is 56.6 Å². The first-order chi connectivity index (χ1) is 26.0. The minimum absolute atomic E-state index is 0.0539. The van der Waals surface area contributed by atoms with Gasteiger partial charge in [0.25, 0.3) is 11.1 Å². The Hall–Kier alpha value is -3.62. The first kappa shape index (κ1) is 45.1. The van der Waals surface area contributed by atoms with E-state index in [9.17, 15) is 23.7 Å². The number of aromatic amines is 2. The minimum atomic E-state index is -1.96. The average molecular weight is 827 g/mol. The molecule has 16 heteroatoms. The Bertz CT molecular complexity index is 2060. The Balaban J connectivity index is 1.50. The lowest BCUT2D eigenvalue weighted by Crippen LogP contribution is -2.41. The molecule has 0 spiro atoms. The zero-order chi connectivity index (χ0) is 41.8. The van der Waals surface area contributed by atoms with Gasteiger partial charge in [-0.15, -0.1) is 0 Å². The van der Waals surface area contributed by atoms with Crippen molar-refractivity contribution in [3.8, 4) is 22.5 Å². The van der Waals surface area contributed by atoms with Crippen molar-refractivity contribution in [1.82, 2.24) is 19.1 Å². The molecule has 0 saturated heterocycles. The number of ether oxygens (including phenoxy) is 2. The summed E-state index contributed by atoms with van der Waals surface area (Å²) in [6.45, 7) is 26.0. The Morgan fingerprint density at radius 1 is 0.589 bits per heavy atom. The fourth-order valence-corrected chi connectivity index (χ4v) is 8.49. The van der Waals surface area contributed by atoms with Crippen molar-refractivity contribution in [1.29, 1.82) is 0 Å². The molecule has 0 fully saturated rings. The molecule has 0 radical (unpaired) electrons. The quantitative estimate of drug-likeness (QED) is 0.0728. The predicted molar refractivity (Wildman–Crippen MR) is 226 cm³/mol. The molecule has 306 valence electrons. The first-order valence-corrected chi connectivity index (χ1v) is 25.7. The molecular formula is C40H58N4O9SSi2. The molecule has 4 aromatic rings. The van der Waals surface area contributed by atoms with E-state index < -0.39 is 50.3 Å². The van der Waals surface area contributed by atoms with Crippen molar-refractivity contribution in [2.24, 2.45) is 0 Å². The van der Waals surface area contributed by atoms with Gasteiger partial charge in [0.05, 0.1) is 37.8 Å². The fourth-order valence-electron chi connectivity index (χ4n) is 5.40. The van der Waals surface area contributed by atoms with Crippen molar-refractivity contribution in [3.05, 3.63) is 101 Å². The summed E-state index contributed by atoms with van der Waals surface area (Å²) in [6, 6.07) is 13.6. The van der Waals surface area contributed by atoms with Gasteiger partial charge >= 0.3 is 11.4 Å². The van der Waals surface area contributed by atoms with Gasteiger partial charge < -0.3 is 22.9 Å². The Labute approximate surface area is 333 Å². The smallest absolute Gasteiger partial charge is 0.330 e. The van der Waals surface area contributed by atoms with Crippen LogP contribution >= 0.6 is 0 Å². The normalized spacial score (nSPS) is 12.8. The van der Waals surface area contributed by atoms with Crippen molar-refractivity contribution < 1.29 is 22.9 Å². The summed E-state index contributed by atoms with van der Waals surface area (Å²) in [7, 11) is -3.92. The van der Waals surface area contributed by atoms with E-state index in [1.165, 1.54) is 9.13 Å². The highest BCUT2D eigenvalue weighted by Crippen LogP contribution is 2.37. The van der Waals surface area contributed by atoms with Gasteiger partial charge in [-0.05, 0) is 110 Å². The molecule has 4 rings (SSSR count). The summed E-state index contributed by atoms with van der Waals surface area (Å²) in [5.74, 6) is 0. The number of benzene rings is 2. The van der Waals surface area contributed by atoms with Gasteiger partial charge in [0.1, 0.15) is 13.5 Å². The van der Waals surface area contributed by atoms with Crippen molar-refractivity contribution in [2.45, 2.75) is 115 Å². The summed E-state index contributed by atoms with van der Waals surface area (Å²) in [4.78, 5) is 56.9. The number of hydrogen-bond donors (Lipinski definition) is 2. The maximum Gasteiger partial charge on any atom is 0.330 e. The van der Waals surface area contributed by atoms with Crippen LogP contribution in [0, 0.1) is 13.8 Å². The van der Waals surface area contributed by atoms with E-state index in [0.717, 1.165) is 0 Å². The number of H-pyrrole nitrogens is 2. The highest BCUT2D eigenvalue weighted by Gasteiger charge is 2.37. The van der Waals surface area contributed by atoms with Gasteiger partial charge in [0, 0.05) is 22.3 Å². The van der Waals surface area contributed by atoms with Gasteiger partial charge in [-0.1, -0.05) is 41.5 Å². The predicted octanol–water partition coefficient (Wildman–Crippen LogP) is 6.50. The topological polar surface area (TPSA) is 170 Å². The van der Waals surface area contributed by atoms with Gasteiger partial charge in [-0.2, -0.15) is 0 Å². The third-order valence-electron chi connectivity index (χ3n) is 11.0. The number of aromatic nitrogens is 4. The van der Waals surface area contributed by atoms with Gasteiger partial charge in [0.15, 0.2) is 26.4 Å². The maximum absolute atomic E-state index is 13.7. The summed E-state index contributed by atoms with van der Waals surface area (Å²) in [6.07, 6.45) is 0. The second kappa shape index (κ2) is 17.9. The molecule has 2 aromatic carbocycles. The number of nitrogens with one attached hydrogen (secondary N) is 2. The van der Waals surface area contributed by atoms with E-state index in [1.807, 2.05) is 0 Å². The Morgan fingerprint density at radius 2 is 0.911 bits per heavy atom. The second-order valence-electron chi connectivity index (χ2n) is 16.9. The number of hydrogen-bond acceptors (Lipinski definition) is 9. The third-order valence-corrected chi connectivity index (χ3v) is 21.5. The van der Waals surface area contributed by atoms with Crippen LogP contribution in [-0.4, -0.2) is 66.7 Å². The van der Waals surface area contributed by atoms with Crippen LogP contribution in [0.25, 0.3) is 22.5 Å². The lowest BCUT2D eigenvalue weighted by Gasteiger charge is -2.36. The lowest BCUT2D eigenvalue weighted by atomic mass is 10.1. The number of rotatable bonds is 16. The molecule has 0 aliphatic carbocycles. The molecule has 2 N–H and O–H groups in total. The summed E-state index contributed by atoms with van der Waals surface area (Å²) < 4.78 is 40.5. The van der Waals surface area contributed by atoms with Gasteiger partial charge in [-0.25, -0.2) is 9.59 Å². The molecule has 0 aliphatic heterocycles. The van der Waals surface area contributed by atoms with Crippen LogP contribution in [-0.2, 0) is 43.0 Å². The minimum Gasteiger partial charge on any atom is -0.606 e. The van der Waals surface area contributed by atoms with Crippen LogP contribution in [0.15, 0.2) is 77.5 Å². The SMILES string of the molecule is Cc1c(-c2ccc([S+]([O-])c3ccc(-c4c(C)c(=O)[nH]c(=O)n4COCCO[Si](C)(C)C(C)(C)C)cc3)cc2)n(COCCO[Si](C)(C)C(C)(C)C)c(=O)[nH]c1=O. The molecule has 2 heterocycles. The largest absolute Gasteiger partial charge is 0.606 e. The molecule has 0 amide bonds. The van der Waals surface area contributed by atoms with Crippen LogP contribution < -0.4 is 22.5 Å². The first-order valence-electron chi connectivity index (χ1n) is 18.7. The molecular weight excluding hydrogens is 769 g/mol. The molecule has 13 nitrogen and oxygen atoms in total. The molecule has 0 bridgehead atoms. The molecule has 0 saturated carbocycles. The average Bonchev–Trinajstić information content (AvgIpc) is 3.11. The Morgan fingerprint density at radius 3 is 1.21 bits per heavy atom. The zero-order valence-electron chi connectivity index (χ0n) is 34.8. The van der Waals surface area contributed by atoms with E-state index in [1.54, 1.807) is 62.4 Å². The van der Waals surface area contributed by atoms with E-state index in [2.05, 4.69) is 77.7 Å². The monoisotopic (exact) mass is 826 g/mol. The highest BCUT2D eigenvalue weighted by atomic mass is 32.2. The molecule has 2 aromatic heterocycles. The number of nitrogens with zero attached hydrogens (tertiary/aromatic N) is 2. The van der Waals surface area contributed by atoms with Gasteiger partial charge in [0.2, 0.25) is 0 Å².